The van der Waals surface area contributed by atoms with E-state index in [9.17, 15) is 0 Å². The van der Waals surface area contributed by atoms with Gasteiger partial charge in [-0.2, -0.15) is 0 Å². The Morgan fingerprint density at radius 2 is 0.833 bits per heavy atom. The van der Waals surface area contributed by atoms with E-state index in [1.54, 1.807) is 0 Å². The van der Waals surface area contributed by atoms with E-state index in [-0.39, 0.29) is 89.1 Å². The topological polar surface area (TPSA) is 40.5 Å². The molecule has 2 N–H and O–H groups in total. The van der Waals surface area contributed by atoms with E-state index in [1.165, 1.54) is 0 Å². The summed E-state index contributed by atoms with van der Waals surface area (Å²) < 4.78 is 12.9. The van der Waals surface area contributed by atoms with Crippen molar-refractivity contribution in [2.75, 3.05) is 0 Å². The van der Waals surface area contributed by atoms with Crippen molar-refractivity contribution in [3.8, 4) is 0 Å². The van der Waals surface area contributed by atoms with Gasteiger partial charge in [0.25, 0.3) is 0 Å². The van der Waals surface area contributed by atoms with Crippen LogP contribution in [0.2, 0.25) is 0 Å². The molecule has 0 aliphatic carbocycles. The van der Waals surface area contributed by atoms with Gasteiger partial charge in [-0.15, -0.1) is 0 Å². The normalized spacial score (nSPS) is 2.00. The molecule has 34 valence electrons. The molecule has 0 aliphatic heterocycles. The third-order valence-corrected chi connectivity index (χ3v) is 0. The predicted molar refractivity (Wildman–Crippen MR) is 31.8 cm³/mol. The molecule has 0 fully saturated rings. The van der Waals surface area contributed by atoms with E-state index in [4.69, 9.17) is 9.32 Å². The van der Waals surface area contributed by atoms with E-state index >= 15 is 0 Å². The zero-order chi connectivity index (χ0) is 4.00. The molecule has 0 aliphatic rings. The van der Waals surface area contributed by atoms with Crippen LogP contribution >= 0.6 is 23.7 Å². The number of rotatable bonds is 0. The molecule has 6 heteroatoms. The molecule has 0 aromatic heterocycles. The molecular weight excluding hydrogens is 182 g/mol. The third kappa shape index (κ3) is 26.2. The summed E-state index contributed by atoms with van der Waals surface area (Å²) >= 11 is 7.28. The van der Waals surface area contributed by atoms with Crippen LogP contribution in [-0.2, 0) is 0 Å². The minimum absolute atomic E-state index is 0. The molecule has 0 aromatic carbocycles. The van der Waals surface area contributed by atoms with E-state index < -0.39 is 0 Å². The molecule has 0 saturated carbocycles. The Labute approximate surface area is 119 Å². The van der Waals surface area contributed by atoms with Gasteiger partial charge in [0.2, 0.25) is 0 Å². The second-order valence-electron chi connectivity index (χ2n) is 0. The molecule has 0 atom stereocenters. The summed E-state index contributed by atoms with van der Waals surface area (Å²) in [6.45, 7) is 0. The number of hydrogen-bond donors (Lipinski definition) is 2. The summed E-state index contributed by atoms with van der Waals surface area (Å²) in [5, 5.41) is 0. The maximum absolute atomic E-state index is 6.47. The summed E-state index contributed by atoms with van der Waals surface area (Å²) in [4.78, 5) is 0. The molecule has 0 heterocycles. The van der Waals surface area contributed by atoms with Crippen LogP contribution in [0.1, 0.15) is 0 Å². The van der Waals surface area contributed by atoms with Crippen molar-refractivity contribution in [1.82, 2.24) is 0 Å². The first-order valence-corrected chi connectivity index (χ1v) is 1.01. The van der Waals surface area contributed by atoms with Crippen LogP contribution in [0.15, 0.2) is 0 Å². The quantitative estimate of drug-likeness (QED) is 0.463. The van der Waals surface area contributed by atoms with Gasteiger partial charge in [0, 0.05) is 0 Å². The van der Waals surface area contributed by atoms with Crippen molar-refractivity contribution in [2.24, 2.45) is 0 Å². The van der Waals surface area contributed by atoms with Crippen molar-refractivity contribution in [3.63, 3.8) is 0 Å². The zero-order valence-electron chi connectivity index (χ0n) is 1.65. The maximum atomic E-state index is 6.47. The average molecular weight is 187 g/mol. The van der Waals surface area contributed by atoms with Gasteiger partial charge in [0.15, 0.2) is 0 Å². The fourth-order valence-electron chi connectivity index (χ4n) is 0. The molecule has 0 rings (SSSR count). The van der Waals surface area contributed by atoms with Crippen molar-refractivity contribution < 1.29 is 9.32 Å². The first kappa shape index (κ1) is 22.7. The van der Waals surface area contributed by atoms with Crippen molar-refractivity contribution >= 4 is 113 Å². The molecule has 0 radical (unpaired) electrons. The number of hydrogen-bond acceptors (Lipinski definition) is 2. The van der Waals surface area contributed by atoms with Gasteiger partial charge in [0.1, 0.15) is 0 Å². The predicted octanol–water partition coefficient (Wildman–Crippen LogP) is -1.30. The fourth-order valence-corrected chi connectivity index (χ4v) is 0. The van der Waals surface area contributed by atoms with Gasteiger partial charge in [-0.05, 0) is 0 Å². The molecular formula is H5CaCl2KO2. The van der Waals surface area contributed by atoms with Crippen molar-refractivity contribution in [2.45, 2.75) is 0 Å². The van der Waals surface area contributed by atoms with Crippen LogP contribution in [0.3, 0.4) is 0 Å². The zero-order valence-corrected chi connectivity index (χ0v) is 3.16. The van der Waals surface area contributed by atoms with E-state index in [1.807, 2.05) is 0 Å². The second kappa shape index (κ2) is 39.8. The van der Waals surface area contributed by atoms with Crippen LogP contribution in [0.25, 0.3) is 0 Å². The Hall–Kier alpha value is 3.40. The van der Waals surface area contributed by atoms with Gasteiger partial charge < -0.3 is 0 Å². The molecule has 0 bridgehead atoms. The first-order chi connectivity index (χ1) is 2.00. The monoisotopic (exact) mass is 186 g/mol. The Kier molecular flexibility index (Phi) is 151. The van der Waals surface area contributed by atoms with Crippen LogP contribution in [0.4, 0.5) is 0 Å². The second-order valence-corrected chi connectivity index (χ2v) is 0. The Bertz CT molecular complexity index is 11.5. The summed E-state index contributed by atoms with van der Waals surface area (Å²) in [6, 6.07) is 0. The SMILES string of the molecule is OCl.OCl.[CaH2].[KH]. The minimum atomic E-state index is 0. The molecule has 6 heavy (non-hydrogen) atoms. The van der Waals surface area contributed by atoms with Gasteiger partial charge in [-0.1, -0.05) is 0 Å². The Morgan fingerprint density at radius 1 is 0.833 bits per heavy atom. The van der Waals surface area contributed by atoms with Gasteiger partial charge in [-0.3, -0.25) is 9.32 Å². The van der Waals surface area contributed by atoms with Gasteiger partial charge in [0.05, 0.1) is 23.7 Å². The van der Waals surface area contributed by atoms with Crippen molar-refractivity contribution in [1.29, 1.82) is 0 Å². The number of halogens is 2. The van der Waals surface area contributed by atoms with E-state index in [0.717, 1.165) is 0 Å². The molecule has 0 aromatic rings. The average Bonchev–Trinajstić information content (AvgIpc) is 1.50. The summed E-state index contributed by atoms with van der Waals surface area (Å²) in [5.74, 6) is 0. The molecule has 0 amide bonds. The fraction of sp³-hybridized carbons (Fsp3) is 0. The molecule has 0 saturated heterocycles. The van der Waals surface area contributed by atoms with Crippen LogP contribution < -0.4 is 0 Å². The van der Waals surface area contributed by atoms with Gasteiger partial charge in [-0.25, -0.2) is 0 Å². The molecule has 2 nitrogen and oxygen atoms in total. The Morgan fingerprint density at radius 3 is 0.833 bits per heavy atom. The summed E-state index contributed by atoms with van der Waals surface area (Å²) in [6.07, 6.45) is 0. The summed E-state index contributed by atoms with van der Waals surface area (Å²) in [7, 11) is 0. The molecule has 0 spiro atoms. The van der Waals surface area contributed by atoms with E-state index in [2.05, 4.69) is 23.7 Å². The summed E-state index contributed by atoms with van der Waals surface area (Å²) in [5.41, 5.74) is 0. The molecule has 0 unspecified atom stereocenters. The van der Waals surface area contributed by atoms with Crippen molar-refractivity contribution in [3.05, 3.63) is 0 Å². The van der Waals surface area contributed by atoms with Crippen LogP contribution in [0, 0.1) is 0 Å². The van der Waals surface area contributed by atoms with Gasteiger partial charge >= 0.3 is 89.1 Å². The standard InChI is InChI=1S/Ca.2ClHO.K.3H/c;2*1-2;;;;/h;2*2H;;;;. The Balaban J connectivity index is -0.00000000500. The van der Waals surface area contributed by atoms with Crippen LogP contribution in [-0.4, -0.2) is 98.4 Å². The van der Waals surface area contributed by atoms with Crippen LogP contribution in [0.5, 0.6) is 0 Å². The third-order valence-electron chi connectivity index (χ3n) is 0. The first-order valence-electron chi connectivity index (χ1n) is 0.338. The van der Waals surface area contributed by atoms with E-state index in [0.29, 0.717) is 0 Å².